The average Bonchev–Trinajstić information content (AvgIpc) is 3.03. The van der Waals surface area contributed by atoms with Crippen LogP contribution < -0.4 is 0 Å². The fraction of sp³-hybridized carbons (Fsp3) is 0.769. The van der Waals surface area contributed by atoms with Gasteiger partial charge in [-0.1, -0.05) is 43.7 Å². The minimum Gasteiger partial charge on any atom is 0 e. The van der Waals surface area contributed by atoms with Gasteiger partial charge in [-0.2, -0.15) is 0 Å². The molecule has 0 saturated heterocycles. The first-order valence-electron chi connectivity index (χ1n) is 6.04. The Bertz CT molecular complexity index is 201. The van der Waals surface area contributed by atoms with Gasteiger partial charge in [-0.3, -0.25) is 0 Å². The number of nitrogens with zero attached hydrogens (tertiary/aromatic N) is 1. The number of rotatable bonds is 0. The molecule has 2 aliphatic carbocycles. The van der Waals surface area contributed by atoms with Crippen LogP contribution in [0.15, 0.2) is 5.16 Å². The maximum atomic E-state index is 8.28. The molecular formula is C13H21NO3W. The summed E-state index contributed by atoms with van der Waals surface area (Å²) in [4.78, 5) is 0. The van der Waals surface area contributed by atoms with Crippen LogP contribution in [0.1, 0.15) is 64.2 Å². The molecule has 102 valence electrons. The van der Waals surface area contributed by atoms with E-state index in [0.717, 1.165) is 18.6 Å². The largest absolute Gasteiger partial charge is 0 e. The summed E-state index contributed by atoms with van der Waals surface area (Å²) in [5, 5.41) is 11.4. The average molecular weight is 423 g/mol. The molecule has 0 radical (unpaired) electrons. The second-order valence-electron chi connectivity index (χ2n) is 3.99. The van der Waals surface area contributed by atoms with Crippen molar-refractivity contribution < 1.29 is 35.6 Å². The molecule has 2 saturated carbocycles. The molecule has 2 fully saturated rings. The molecule has 0 aromatic carbocycles. The Morgan fingerprint density at radius 1 is 0.722 bits per heavy atom. The van der Waals surface area contributed by atoms with E-state index in [2.05, 4.69) is 18.5 Å². The van der Waals surface area contributed by atoms with Crippen molar-refractivity contribution in [3.05, 3.63) is 13.3 Å². The van der Waals surface area contributed by atoms with Gasteiger partial charge >= 0.3 is 22.6 Å². The first kappa shape index (κ1) is 22.8. The molecule has 0 aromatic rings. The van der Waals surface area contributed by atoms with Gasteiger partial charge in [0.15, 0.2) is 0 Å². The van der Waals surface area contributed by atoms with Crippen molar-refractivity contribution in [1.82, 2.24) is 0 Å². The Balaban J connectivity index is -0.000000196. The third-order valence-electron chi connectivity index (χ3n) is 2.82. The van der Waals surface area contributed by atoms with Gasteiger partial charge in [-0.05, 0) is 25.7 Å². The summed E-state index contributed by atoms with van der Waals surface area (Å²) in [6.07, 6.45) is 13.2. The molecule has 2 rings (SSSR count). The predicted octanol–water partition coefficient (Wildman–Crippen LogP) is 3.65. The van der Waals surface area contributed by atoms with Crippen LogP contribution in [0.4, 0.5) is 0 Å². The van der Waals surface area contributed by atoms with Crippen molar-refractivity contribution in [3.8, 4) is 0 Å². The second-order valence-corrected chi connectivity index (χ2v) is 3.99. The van der Waals surface area contributed by atoms with Crippen molar-refractivity contribution in [2.75, 3.05) is 0 Å². The van der Waals surface area contributed by atoms with E-state index >= 15 is 0 Å². The quantitative estimate of drug-likeness (QED) is 0.275. The van der Waals surface area contributed by atoms with Gasteiger partial charge in [0.25, 0.3) is 0 Å². The summed E-state index contributed by atoms with van der Waals surface area (Å²) in [7, 11) is 0. The van der Waals surface area contributed by atoms with Crippen LogP contribution in [-0.2, 0) is 30.4 Å². The Hall–Kier alpha value is -0.362. The number of oxime groups is 1. The zero-order valence-electron chi connectivity index (χ0n) is 10.7. The van der Waals surface area contributed by atoms with E-state index in [1.54, 1.807) is 0 Å². The summed E-state index contributed by atoms with van der Waals surface area (Å²) < 4.78 is 15.0. The first-order chi connectivity index (χ1) is 8.43. The molecule has 2 aliphatic rings. The van der Waals surface area contributed by atoms with E-state index in [1.165, 1.54) is 51.4 Å². The van der Waals surface area contributed by atoms with E-state index in [9.17, 15) is 0 Å². The summed E-state index contributed by atoms with van der Waals surface area (Å²) in [5.74, 6) is 0. The van der Waals surface area contributed by atoms with Crippen molar-refractivity contribution in [1.29, 1.82) is 0 Å². The fourth-order valence-electron chi connectivity index (χ4n) is 1.94. The molecule has 0 heterocycles. The topological polar surface area (TPSA) is 72.4 Å². The van der Waals surface area contributed by atoms with E-state index in [0.29, 0.717) is 0 Å². The molecule has 0 bridgehead atoms. The fourth-order valence-corrected chi connectivity index (χ4v) is 1.94. The molecular weight excluding hydrogens is 402 g/mol. The molecule has 0 aromatic heterocycles. The zero-order chi connectivity index (χ0) is 13.4. The third kappa shape index (κ3) is 15.6. The van der Waals surface area contributed by atoms with Crippen LogP contribution in [0, 0.1) is 13.3 Å². The summed E-state index contributed by atoms with van der Waals surface area (Å²) >= 11 is 0. The maximum absolute atomic E-state index is 8.28. The molecule has 0 atom stereocenters. The number of hydrogen-bond acceptors (Lipinski definition) is 2. The molecule has 18 heavy (non-hydrogen) atoms. The van der Waals surface area contributed by atoms with Gasteiger partial charge in [0.2, 0.25) is 0 Å². The first-order valence-corrected chi connectivity index (χ1v) is 6.04. The number of hydrogen-bond donors (Lipinski definition) is 1. The minimum atomic E-state index is 0. The Morgan fingerprint density at radius 3 is 1.22 bits per heavy atom. The van der Waals surface area contributed by atoms with Gasteiger partial charge in [0.05, 0.1) is 5.71 Å². The normalized spacial score (nSPS) is 16.1. The van der Waals surface area contributed by atoms with Gasteiger partial charge in [0.1, 0.15) is 0 Å². The zero-order valence-corrected chi connectivity index (χ0v) is 13.6. The van der Waals surface area contributed by atoms with Crippen molar-refractivity contribution in [3.63, 3.8) is 0 Å². The van der Waals surface area contributed by atoms with E-state index < -0.39 is 0 Å². The monoisotopic (exact) mass is 423 g/mol. The molecule has 5 heteroatoms. The van der Waals surface area contributed by atoms with Gasteiger partial charge in [-0.25, -0.2) is 0 Å². The molecule has 4 nitrogen and oxygen atoms in total. The summed E-state index contributed by atoms with van der Waals surface area (Å²) in [5.41, 5.74) is 0.983. The van der Waals surface area contributed by atoms with Crippen LogP contribution in [0.2, 0.25) is 0 Å². The Kier molecular flexibility index (Phi) is 27.7. The second kappa shape index (κ2) is 21.9. The van der Waals surface area contributed by atoms with E-state index in [-0.39, 0.29) is 21.1 Å². The van der Waals surface area contributed by atoms with Crippen molar-refractivity contribution >= 4 is 5.71 Å². The minimum absolute atomic E-state index is 0. The molecule has 1 N–H and O–H groups in total. The Labute approximate surface area is 124 Å². The summed E-state index contributed by atoms with van der Waals surface area (Å²) in [6.45, 7) is 9.00. The van der Waals surface area contributed by atoms with Crippen LogP contribution in [0.25, 0.3) is 0 Å². The van der Waals surface area contributed by atoms with Crippen LogP contribution in [0.5, 0.6) is 0 Å². The van der Waals surface area contributed by atoms with Crippen molar-refractivity contribution in [2.45, 2.75) is 64.2 Å². The molecule has 0 aliphatic heterocycles. The third-order valence-corrected chi connectivity index (χ3v) is 2.82. The smallest absolute Gasteiger partial charge is 0 e. The SMILES string of the molecule is C1CCCC1.ON=C1CCCCC1.[C-]#[O+].[C-]#[O+].[W]. The summed E-state index contributed by atoms with van der Waals surface area (Å²) in [6, 6.07) is 0. The van der Waals surface area contributed by atoms with E-state index in [4.69, 9.17) is 14.5 Å². The van der Waals surface area contributed by atoms with Crippen LogP contribution >= 0.6 is 0 Å². The molecule has 0 unspecified atom stereocenters. The standard InChI is InChI=1S/C6H11NO.C5H10.2CO.W/c8-7-6-4-2-1-3-5-6;1-2-4-5-3-1;2*1-2;/h8H,1-5H2;1-5H2;;;. The van der Waals surface area contributed by atoms with Gasteiger partial charge < -0.3 is 5.21 Å². The van der Waals surface area contributed by atoms with Crippen molar-refractivity contribution in [2.24, 2.45) is 5.16 Å². The van der Waals surface area contributed by atoms with Gasteiger partial charge in [0, 0.05) is 21.1 Å². The maximum Gasteiger partial charge on any atom is 0 e. The van der Waals surface area contributed by atoms with Crippen LogP contribution in [-0.4, -0.2) is 10.9 Å². The van der Waals surface area contributed by atoms with Gasteiger partial charge in [-0.15, -0.1) is 0 Å². The molecule has 0 spiro atoms. The predicted molar refractivity (Wildman–Crippen MR) is 63.3 cm³/mol. The van der Waals surface area contributed by atoms with Crippen LogP contribution in [0.3, 0.4) is 0 Å². The Morgan fingerprint density at radius 2 is 1.00 bits per heavy atom. The molecule has 0 amide bonds. The van der Waals surface area contributed by atoms with E-state index in [1.807, 2.05) is 0 Å².